The SMILES string of the molecule is CN1CCC[C@H]1C(=O)NN. The molecule has 3 N–H and O–H groups in total. The van der Waals surface area contributed by atoms with Gasteiger partial charge in [-0.2, -0.15) is 0 Å². The van der Waals surface area contributed by atoms with Gasteiger partial charge in [-0.1, -0.05) is 0 Å². The summed E-state index contributed by atoms with van der Waals surface area (Å²) in [5.41, 5.74) is 2.16. The average molecular weight is 143 g/mol. The third-order valence-corrected chi connectivity index (χ3v) is 1.97. The van der Waals surface area contributed by atoms with E-state index in [1.165, 1.54) is 0 Å². The van der Waals surface area contributed by atoms with Crippen LogP contribution in [-0.4, -0.2) is 30.4 Å². The predicted molar refractivity (Wildman–Crippen MR) is 38.0 cm³/mol. The van der Waals surface area contributed by atoms with Crippen molar-refractivity contribution < 1.29 is 4.79 Å². The van der Waals surface area contributed by atoms with Crippen LogP contribution in [0, 0.1) is 0 Å². The molecule has 1 atom stereocenters. The summed E-state index contributed by atoms with van der Waals surface area (Å²) in [5, 5.41) is 0. The van der Waals surface area contributed by atoms with Crippen molar-refractivity contribution in [1.82, 2.24) is 10.3 Å². The molecule has 0 aromatic heterocycles. The van der Waals surface area contributed by atoms with E-state index in [-0.39, 0.29) is 11.9 Å². The molecular formula is C6H13N3O. The molecule has 4 heteroatoms. The molecule has 1 aliphatic rings. The van der Waals surface area contributed by atoms with Crippen LogP contribution in [0.5, 0.6) is 0 Å². The van der Waals surface area contributed by atoms with Gasteiger partial charge < -0.3 is 0 Å². The van der Waals surface area contributed by atoms with Crippen LogP contribution >= 0.6 is 0 Å². The summed E-state index contributed by atoms with van der Waals surface area (Å²) in [4.78, 5) is 13.0. The molecule has 0 aromatic carbocycles. The van der Waals surface area contributed by atoms with E-state index in [0.29, 0.717) is 0 Å². The zero-order valence-corrected chi connectivity index (χ0v) is 6.13. The molecule has 1 heterocycles. The van der Waals surface area contributed by atoms with Crippen molar-refractivity contribution in [1.29, 1.82) is 0 Å². The minimum Gasteiger partial charge on any atom is -0.295 e. The van der Waals surface area contributed by atoms with Crippen LogP contribution in [0.3, 0.4) is 0 Å². The molecule has 0 aliphatic carbocycles. The molecule has 1 amide bonds. The van der Waals surface area contributed by atoms with Gasteiger partial charge in [0.15, 0.2) is 0 Å². The highest BCUT2D eigenvalue weighted by Gasteiger charge is 2.26. The summed E-state index contributed by atoms with van der Waals surface area (Å²) < 4.78 is 0. The van der Waals surface area contributed by atoms with Gasteiger partial charge in [-0.05, 0) is 26.4 Å². The summed E-state index contributed by atoms with van der Waals surface area (Å²) in [6, 6.07) is 0.00463. The van der Waals surface area contributed by atoms with Crippen molar-refractivity contribution in [2.45, 2.75) is 18.9 Å². The van der Waals surface area contributed by atoms with Gasteiger partial charge in [0.2, 0.25) is 0 Å². The number of nitrogens with one attached hydrogen (secondary N) is 1. The summed E-state index contributed by atoms with van der Waals surface area (Å²) >= 11 is 0. The topological polar surface area (TPSA) is 58.4 Å². The number of hydrogen-bond donors (Lipinski definition) is 2. The molecule has 1 aliphatic heterocycles. The summed E-state index contributed by atoms with van der Waals surface area (Å²) in [5.74, 6) is 4.92. The van der Waals surface area contributed by atoms with E-state index in [1.807, 2.05) is 11.9 Å². The number of nitrogens with zero attached hydrogens (tertiary/aromatic N) is 1. The van der Waals surface area contributed by atoms with Crippen LogP contribution in [0.4, 0.5) is 0 Å². The minimum atomic E-state index is -0.0694. The Kier molecular flexibility index (Phi) is 2.24. The Morgan fingerprint density at radius 2 is 2.50 bits per heavy atom. The quantitative estimate of drug-likeness (QED) is 0.283. The first-order valence-electron chi connectivity index (χ1n) is 3.46. The Balaban J connectivity index is 2.46. The van der Waals surface area contributed by atoms with Gasteiger partial charge in [-0.15, -0.1) is 0 Å². The smallest absolute Gasteiger partial charge is 0.251 e. The maximum absolute atomic E-state index is 10.9. The van der Waals surface area contributed by atoms with Crippen molar-refractivity contribution in [3.63, 3.8) is 0 Å². The molecule has 0 unspecified atom stereocenters. The van der Waals surface area contributed by atoms with Gasteiger partial charge >= 0.3 is 0 Å². The average Bonchev–Trinajstić information content (AvgIpc) is 2.34. The minimum absolute atomic E-state index is 0.00463. The molecule has 0 radical (unpaired) electrons. The van der Waals surface area contributed by atoms with Crippen LogP contribution in [-0.2, 0) is 4.79 Å². The highest BCUT2D eigenvalue weighted by molar-refractivity contribution is 5.81. The molecule has 10 heavy (non-hydrogen) atoms. The first-order valence-corrected chi connectivity index (χ1v) is 3.46. The monoisotopic (exact) mass is 143 g/mol. The van der Waals surface area contributed by atoms with Crippen molar-refractivity contribution in [2.75, 3.05) is 13.6 Å². The Bertz CT molecular complexity index is 137. The van der Waals surface area contributed by atoms with E-state index in [0.717, 1.165) is 19.4 Å². The van der Waals surface area contributed by atoms with Gasteiger partial charge in [0.25, 0.3) is 5.91 Å². The third kappa shape index (κ3) is 1.27. The molecule has 0 bridgehead atoms. The van der Waals surface area contributed by atoms with Crippen LogP contribution in [0.1, 0.15) is 12.8 Å². The zero-order chi connectivity index (χ0) is 7.56. The largest absolute Gasteiger partial charge is 0.295 e. The summed E-state index contributed by atoms with van der Waals surface area (Å²) in [7, 11) is 1.94. The van der Waals surface area contributed by atoms with Gasteiger partial charge in [0.05, 0.1) is 6.04 Å². The Morgan fingerprint density at radius 1 is 1.80 bits per heavy atom. The zero-order valence-electron chi connectivity index (χ0n) is 6.13. The lowest BCUT2D eigenvalue weighted by Gasteiger charge is -2.16. The number of rotatable bonds is 1. The van der Waals surface area contributed by atoms with Gasteiger partial charge in [0.1, 0.15) is 0 Å². The van der Waals surface area contributed by atoms with E-state index >= 15 is 0 Å². The molecule has 1 rings (SSSR count). The highest BCUT2D eigenvalue weighted by Crippen LogP contribution is 2.13. The van der Waals surface area contributed by atoms with Gasteiger partial charge in [0, 0.05) is 0 Å². The van der Waals surface area contributed by atoms with E-state index in [1.54, 1.807) is 0 Å². The van der Waals surface area contributed by atoms with Crippen LogP contribution in [0.25, 0.3) is 0 Å². The Morgan fingerprint density at radius 3 is 2.90 bits per heavy atom. The summed E-state index contributed by atoms with van der Waals surface area (Å²) in [6.45, 7) is 0.998. The fourth-order valence-electron chi connectivity index (χ4n) is 1.34. The van der Waals surface area contributed by atoms with Crippen molar-refractivity contribution in [2.24, 2.45) is 5.84 Å². The molecular weight excluding hydrogens is 130 g/mol. The normalized spacial score (nSPS) is 26.8. The first kappa shape index (κ1) is 7.50. The Labute approximate surface area is 60.3 Å². The number of amides is 1. The molecule has 1 saturated heterocycles. The van der Waals surface area contributed by atoms with Crippen molar-refractivity contribution in [3.8, 4) is 0 Å². The second-order valence-electron chi connectivity index (χ2n) is 2.65. The van der Waals surface area contributed by atoms with Gasteiger partial charge in [-0.3, -0.25) is 15.1 Å². The second-order valence-corrected chi connectivity index (χ2v) is 2.65. The van der Waals surface area contributed by atoms with Crippen LogP contribution in [0.2, 0.25) is 0 Å². The standard InChI is InChI=1S/C6H13N3O/c1-9-4-2-3-5(9)6(10)8-7/h5H,2-4,7H2,1H3,(H,8,10)/t5-/m0/s1. The predicted octanol–water partition coefficient (Wildman–Crippen LogP) is -0.929. The van der Waals surface area contributed by atoms with E-state index < -0.39 is 0 Å². The third-order valence-electron chi connectivity index (χ3n) is 1.97. The first-order chi connectivity index (χ1) is 4.75. The molecule has 0 saturated carbocycles. The number of carbonyl (C=O) groups is 1. The summed E-state index contributed by atoms with van der Waals surface area (Å²) in [6.07, 6.45) is 2.02. The molecule has 4 nitrogen and oxygen atoms in total. The lowest BCUT2D eigenvalue weighted by molar-refractivity contribution is -0.125. The fraction of sp³-hybridized carbons (Fsp3) is 0.833. The maximum atomic E-state index is 10.9. The number of nitrogens with two attached hydrogens (primary N) is 1. The van der Waals surface area contributed by atoms with E-state index in [9.17, 15) is 4.79 Å². The molecule has 0 spiro atoms. The highest BCUT2D eigenvalue weighted by atomic mass is 16.2. The van der Waals surface area contributed by atoms with Crippen LogP contribution < -0.4 is 11.3 Å². The maximum Gasteiger partial charge on any atom is 0.251 e. The molecule has 58 valence electrons. The molecule has 1 fully saturated rings. The lowest BCUT2D eigenvalue weighted by atomic mass is 10.2. The number of carbonyl (C=O) groups excluding carboxylic acids is 1. The number of likely N-dealkylation sites (tertiary alicyclic amines) is 1. The van der Waals surface area contributed by atoms with E-state index in [2.05, 4.69) is 5.43 Å². The van der Waals surface area contributed by atoms with Crippen LogP contribution in [0.15, 0.2) is 0 Å². The van der Waals surface area contributed by atoms with Crippen molar-refractivity contribution in [3.05, 3.63) is 0 Å². The molecule has 0 aromatic rings. The number of hydrogen-bond acceptors (Lipinski definition) is 3. The Hall–Kier alpha value is -0.610. The number of likely N-dealkylation sites (N-methyl/N-ethyl adjacent to an activating group) is 1. The lowest BCUT2D eigenvalue weighted by Crippen LogP contribution is -2.44. The second kappa shape index (κ2) is 2.98. The van der Waals surface area contributed by atoms with E-state index in [4.69, 9.17) is 5.84 Å². The fourth-order valence-corrected chi connectivity index (χ4v) is 1.34. The van der Waals surface area contributed by atoms with Gasteiger partial charge in [-0.25, -0.2) is 5.84 Å². The number of hydrazine groups is 1. The van der Waals surface area contributed by atoms with Crippen molar-refractivity contribution >= 4 is 5.91 Å².